The summed E-state index contributed by atoms with van der Waals surface area (Å²) in [5.74, 6) is -2.51. The maximum Gasteiger partial charge on any atom is 0.328 e. The molecule has 0 unspecified atom stereocenters. The number of hydrogen-bond donors (Lipinski definition) is 2. The van der Waals surface area contributed by atoms with E-state index in [0.29, 0.717) is 12.2 Å². The lowest BCUT2D eigenvalue weighted by atomic mass is 10.2. The molecule has 2 N–H and O–H groups in total. The minimum absolute atomic E-state index is 0.558. The zero-order valence-electron chi connectivity index (χ0n) is 9.69. The number of hydrogen-bond acceptors (Lipinski definition) is 2. The molecule has 0 aromatic carbocycles. The van der Waals surface area contributed by atoms with Gasteiger partial charge >= 0.3 is 11.9 Å². The molecular formula is C12H20O4. The van der Waals surface area contributed by atoms with Gasteiger partial charge in [0.2, 0.25) is 0 Å². The largest absolute Gasteiger partial charge is 0.478 e. The number of carboxylic acid groups (broad SMARTS) is 2. The van der Waals surface area contributed by atoms with Crippen molar-refractivity contribution in [1.82, 2.24) is 0 Å². The van der Waals surface area contributed by atoms with Gasteiger partial charge in [-0.05, 0) is 12.8 Å². The summed E-state index contributed by atoms with van der Waals surface area (Å²) in [5.41, 5.74) is 0. The molecule has 0 heterocycles. The molecule has 0 saturated heterocycles. The van der Waals surface area contributed by atoms with Crippen LogP contribution in [-0.2, 0) is 9.59 Å². The molecule has 0 bridgehead atoms. The molecule has 0 amide bonds. The average molecular weight is 228 g/mol. The number of carboxylic acids is 2. The summed E-state index contributed by atoms with van der Waals surface area (Å²) in [5, 5.41) is 15.6. The first-order valence-electron chi connectivity index (χ1n) is 5.29. The van der Waals surface area contributed by atoms with E-state index in [9.17, 15) is 9.59 Å². The Morgan fingerprint density at radius 2 is 1.56 bits per heavy atom. The van der Waals surface area contributed by atoms with Crippen LogP contribution in [0, 0.1) is 0 Å². The van der Waals surface area contributed by atoms with Crippen molar-refractivity contribution < 1.29 is 19.8 Å². The molecule has 0 aromatic heterocycles. The highest BCUT2D eigenvalue weighted by Crippen LogP contribution is 2.01. The average Bonchev–Trinajstić information content (AvgIpc) is 2.23. The fourth-order valence-electron chi connectivity index (χ4n) is 0.858. The van der Waals surface area contributed by atoms with E-state index in [0.717, 1.165) is 0 Å². The van der Waals surface area contributed by atoms with Gasteiger partial charge in [-0.25, -0.2) is 9.59 Å². The second-order valence-electron chi connectivity index (χ2n) is 3.15. The molecule has 0 aromatic rings. The first-order chi connectivity index (χ1) is 7.54. The minimum atomic E-state index is -1.26. The van der Waals surface area contributed by atoms with Gasteiger partial charge in [-0.1, -0.05) is 32.3 Å². The van der Waals surface area contributed by atoms with Crippen molar-refractivity contribution in [2.24, 2.45) is 0 Å². The minimum Gasteiger partial charge on any atom is -0.478 e. The van der Waals surface area contributed by atoms with Gasteiger partial charge in [-0.2, -0.15) is 0 Å². The van der Waals surface area contributed by atoms with Gasteiger partial charge in [-0.15, -0.1) is 6.58 Å². The molecule has 4 heteroatoms. The molecule has 0 radical (unpaired) electrons. The van der Waals surface area contributed by atoms with Crippen LogP contribution in [0.2, 0.25) is 0 Å². The lowest BCUT2D eigenvalue weighted by molar-refractivity contribution is -0.134. The van der Waals surface area contributed by atoms with Gasteiger partial charge in [0.05, 0.1) is 0 Å². The highest BCUT2D eigenvalue weighted by atomic mass is 16.4. The summed E-state index contributed by atoms with van der Waals surface area (Å²) in [7, 11) is 0. The van der Waals surface area contributed by atoms with E-state index in [1.54, 1.807) is 0 Å². The number of rotatable bonds is 7. The summed E-state index contributed by atoms with van der Waals surface area (Å²) in [6, 6.07) is 0. The molecule has 0 aliphatic carbocycles. The number of carbonyl (C=O) groups is 2. The third-order valence-corrected chi connectivity index (χ3v) is 1.63. The van der Waals surface area contributed by atoms with Crippen LogP contribution in [-0.4, -0.2) is 22.2 Å². The summed E-state index contributed by atoms with van der Waals surface area (Å²) < 4.78 is 0. The molecular weight excluding hydrogens is 208 g/mol. The lowest BCUT2D eigenvalue weighted by Crippen LogP contribution is -1.91. The van der Waals surface area contributed by atoms with Crippen molar-refractivity contribution in [1.29, 1.82) is 0 Å². The summed E-state index contributed by atoms with van der Waals surface area (Å²) >= 11 is 0. The van der Waals surface area contributed by atoms with Crippen molar-refractivity contribution in [2.75, 3.05) is 0 Å². The van der Waals surface area contributed by atoms with Crippen LogP contribution >= 0.6 is 0 Å². The first kappa shape index (κ1) is 16.8. The fraction of sp³-hybridized carbons (Fsp3) is 0.500. The molecule has 16 heavy (non-hydrogen) atoms. The van der Waals surface area contributed by atoms with E-state index < -0.39 is 11.9 Å². The molecule has 0 aliphatic rings. The van der Waals surface area contributed by atoms with Gasteiger partial charge in [0.15, 0.2) is 0 Å². The second kappa shape index (κ2) is 13.4. The van der Waals surface area contributed by atoms with Crippen LogP contribution < -0.4 is 0 Å². The van der Waals surface area contributed by atoms with Crippen LogP contribution in [0.15, 0.2) is 24.8 Å². The Morgan fingerprint density at radius 1 is 1.06 bits per heavy atom. The third-order valence-electron chi connectivity index (χ3n) is 1.63. The normalized spacial score (nSPS) is 9.31. The van der Waals surface area contributed by atoms with E-state index in [1.807, 2.05) is 6.08 Å². The molecule has 0 spiro atoms. The molecule has 0 atom stereocenters. The van der Waals surface area contributed by atoms with Gasteiger partial charge in [0.25, 0.3) is 0 Å². The third kappa shape index (κ3) is 22.8. The second-order valence-corrected chi connectivity index (χ2v) is 3.15. The number of unbranched alkanes of at least 4 members (excludes halogenated alkanes) is 4. The van der Waals surface area contributed by atoms with Gasteiger partial charge in [0.1, 0.15) is 0 Å². The molecule has 0 saturated carbocycles. The Kier molecular flexibility index (Phi) is 14.1. The monoisotopic (exact) mass is 228 g/mol. The Hall–Kier alpha value is -1.58. The van der Waals surface area contributed by atoms with Crippen LogP contribution in [0.5, 0.6) is 0 Å². The van der Waals surface area contributed by atoms with E-state index in [4.69, 9.17) is 10.2 Å². The van der Waals surface area contributed by atoms with Crippen molar-refractivity contribution in [3.63, 3.8) is 0 Å². The molecule has 92 valence electrons. The van der Waals surface area contributed by atoms with Crippen molar-refractivity contribution in [3.8, 4) is 0 Å². The van der Waals surface area contributed by atoms with E-state index in [1.165, 1.54) is 32.1 Å². The fourth-order valence-corrected chi connectivity index (χ4v) is 0.858. The van der Waals surface area contributed by atoms with E-state index >= 15 is 0 Å². The maximum absolute atomic E-state index is 9.55. The van der Waals surface area contributed by atoms with Gasteiger partial charge < -0.3 is 10.2 Å². The number of allylic oxidation sites excluding steroid dienone is 1. The predicted octanol–water partition coefficient (Wildman–Crippen LogP) is 2.85. The van der Waals surface area contributed by atoms with Gasteiger partial charge in [0, 0.05) is 12.2 Å². The Bertz CT molecular complexity index is 215. The SMILES string of the molecule is C=CCCCCCC.O=C(O)/C=C\C(=O)O. The van der Waals surface area contributed by atoms with Crippen LogP contribution in [0.1, 0.15) is 39.0 Å². The molecule has 0 aliphatic heterocycles. The van der Waals surface area contributed by atoms with Crippen LogP contribution in [0.3, 0.4) is 0 Å². The van der Waals surface area contributed by atoms with Crippen LogP contribution in [0.25, 0.3) is 0 Å². The highest BCUT2D eigenvalue weighted by Gasteiger charge is 1.88. The van der Waals surface area contributed by atoms with Gasteiger partial charge in [-0.3, -0.25) is 0 Å². The number of aliphatic carboxylic acids is 2. The molecule has 0 fully saturated rings. The van der Waals surface area contributed by atoms with Crippen molar-refractivity contribution in [3.05, 3.63) is 24.8 Å². The molecule has 4 nitrogen and oxygen atoms in total. The summed E-state index contributed by atoms with van der Waals surface area (Å²) in [6.07, 6.45) is 9.73. The quantitative estimate of drug-likeness (QED) is 0.399. The van der Waals surface area contributed by atoms with Crippen molar-refractivity contribution in [2.45, 2.75) is 39.0 Å². The lowest BCUT2D eigenvalue weighted by Gasteiger charge is -1.91. The summed E-state index contributed by atoms with van der Waals surface area (Å²) in [4.78, 5) is 19.1. The van der Waals surface area contributed by atoms with E-state index in [-0.39, 0.29) is 0 Å². The standard InChI is InChI=1S/C8H16.C4H4O4/c1-3-5-7-8-6-4-2;5-3(6)1-2-4(7)8/h3H,1,4-8H2,2H3;1-2H,(H,5,6)(H,7,8)/b;2-1-. The zero-order valence-corrected chi connectivity index (χ0v) is 9.69. The smallest absolute Gasteiger partial charge is 0.328 e. The summed E-state index contributed by atoms with van der Waals surface area (Å²) in [6.45, 7) is 5.89. The van der Waals surface area contributed by atoms with Crippen molar-refractivity contribution >= 4 is 11.9 Å². The molecule has 0 rings (SSSR count). The Labute approximate surface area is 96.3 Å². The first-order valence-corrected chi connectivity index (χ1v) is 5.29. The maximum atomic E-state index is 9.55. The topological polar surface area (TPSA) is 74.6 Å². The Balaban J connectivity index is 0. The van der Waals surface area contributed by atoms with E-state index in [2.05, 4.69) is 13.5 Å². The predicted molar refractivity (Wildman–Crippen MR) is 63.4 cm³/mol. The highest BCUT2D eigenvalue weighted by molar-refractivity contribution is 5.89. The Morgan fingerprint density at radius 3 is 1.88 bits per heavy atom. The zero-order chi connectivity index (χ0) is 12.8. The van der Waals surface area contributed by atoms with Crippen LogP contribution in [0.4, 0.5) is 0 Å².